The Morgan fingerprint density at radius 3 is 2.83 bits per heavy atom. The molecule has 29 heavy (non-hydrogen) atoms. The van der Waals surface area contributed by atoms with Gasteiger partial charge in [-0.3, -0.25) is 9.78 Å². The summed E-state index contributed by atoms with van der Waals surface area (Å²) in [6, 6.07) is 9.24. The first-order valence-electron chi connectivity index (χ1n) is 10.0. The summed E-state index contributed by atoms with van der Waals surface area (Å²) in [6.07, 6.45) is 4.72. The molecule has 1 aromatic heterocycles. The van der Waals surface area contributed by atoms with Gasteiger partial charge in [-0.25, -0.2) is 10.2 Å². The van der Waals surface area contributed by atoms with Gasteiger partial charge in [0.05, 0.1) is 24.4 Å². The van der Waals surface area contributed by atoms with Gasteiger partial charge in [0.25, 0.3) is 5.56 Å². The maximum Gasteiger partial charge on any atom is 0.328 e. The van der Waals surface area contributed by atoms with Gasteiger partial charge < -0.3 is 19.5 Å². The first-order valence-corrected chi connectivity index (χ1v) is 10.0. The molecule has 1 aliphatic carbocycles. The van der Waals surface area contributed by atoms with Gasteiger partial charge in [-0.2, -0.15) is 0 Å². The lowest BCUT2D eigenvalue weighted by Gasteiger charge is -2.27. The number of aryl methyl sites for hydroxylation is 1. The molecule has 0 atom stereocenters. The zero-order valence-electron chi connectivity index (χ0n) is 17.1. The number of nitrogens with one attached hydrogen (secondary N) is 3. The van der Waals surface area contributed by atoms with Crippen molar-refractivity contribution in [2.45, 2.75) is 45.2 Å². The SMILES string of the molecule is CC(C)(COCCCn1ccc(=O)[nH]c1=O)NNc1cccc(OCC2CC2)c1. The number of hydrazine groups is 1. The van der Waals surface area contributed by atoms with Crippen molar-refractivity contribution in [1.29, 1.82) is 0 Å². The van der Waals surface area contributed by atoms with E-state index in [-0.39, 0.29) is 11.1 Å². The first kappa shape index (κ1) is 21.1. The lowest BCUT2D eigenvalue weighted by molar-refractivity contribution is 0.0817. The number of hydrogen-bond acceptors (Lipinski definition) is 6. The van der Waals surface area contributed by atoms with Crippen LogP contribution < -0.4 is 26.8 Å². The molecule has 1 aliphatic rings. The third kappa shape index (κ3) is 7.40. The van der Waals surface area contributed by atoms with Crippen LogP contribution in [0.1, 0.15) is 33.1 Å². The minimum absolute atomic E-state index is 0.292. The fourth-order valence-electron chi connectivity index (χ4n) is 2.72. The second kappa shape index (κ2) is 9.76. The molecule has 0 saturated heterocycles. The molecule has 2 aromatic rings. The molecule has 0 aliphatic heterocycles. The Morgan fingerprint density at radius 1 is 1.24 bits per heavy atom. The van der Waals surface area contributed by atoms with Crippen LogP contribution in [0.25, 0.3) is 0 Å². The maximum absolute atomic E-state index is 11.6. The average Bonchev–Trinajstić information content (AvgIpc) is 3.51. The normalized spacial score (nSPS) is 14.0. The monoisotopic (exact) mass is 402 g/mol. The second-order valence-corrected chi connectivity index (χ2v) is 8.13. The van der Waals surface area contributed by atoms with Crippen molar-refractivity contribution in [3.05, 3.63) is 57.4 Å². The highest BCUT2D eigenvalue weighted by Gasteiger charge is 2.22. The van der Waals surface area contributed by atoms with E-state index in [4.69, 9.17) is 9.47 Å². The van der Waals surface area contributed by atoms with Crippen molar-refractivity contribution in [2.75, 3.05) is 25.2 Å². The van der Waals surface area contributed by atoms with E-state index >= 15 is 0 Å². The van der Waals surface area contributed by atoms with Crippen LogP contribution in [0.3, 0.4) is 0 Å². The van der Waals surface area contributed by atoms with Gasteiger partial charge in [-0.05, 0) is 51.2 Å². The van der Waals surface area contributed by atoms with E-state index in [1.807, 2.05) is 38.1 Å². The van der Waals surface area contributed by atoms with Crippen LogP contribution in [0.2, 0.25) is 0 Å². The van der Waals surface area contributed by atoms with Crippen LogP contribution in [0.15, 0.2) is 46.1 Å². The van der Waals surface area contributed by atoms with Crippen LogP contribution in [-0.2, 0) is 11.3 Å². The summed E-state index contributed by atoms with van der Waals surface area (Å²) in [6.45, 7) is 6.39. The van der Waals surface area contributed by atoms with Gasteiger partial charge >= 0.3 is 5.69 Å². The van der Waals surface area contributed by atoms with E-state index in [2.05, 4.69) is 15.8 Å². The summed E-state index contributed by atoms with van der Waals surface area (Å²) < 4.78 is 13.0. The van der Waals surface area contributed by atoms with Crippen molar-refractivity contribution in [3.8, 4) is 5.75 Å². The minimum Gasteiger partial charge on any atom is -0.493 e. The Kier molecular flexibility index (Phi) is 7.11. The molecule has 0 unspecified atom stereocenters. The second-order valence-electron chi connectivity index (χ2n) is 8.13. The lowest BCUT2D eigenvalue weighted by atomic mass is 10.1. The molecular formula is C21H30N4O4. The van der Waals surface area contributed by atoms with E-state index in [9.17, 15) is 9.59 Å². The number of nitrogens with zero attached hydrogens (tertiary/aromatic N) is 1. The van der Waals surface area contributed by atoms with E-state index in [1.165, 1.54) is 29.7 Å². The number of aromatic amines is 1. The molecule has 8 nitrogen and oxygen atoms in total. The van der Waals surface area contributed by atoms with E-state index in [0.29, 0.717) is 26.2 Å². The number of anilines is 1. The average molecular weight is 402 g/mol. The van der Waals surface area contributed by atoms with Crippen LogP contribution in [0.4, 0.5) is 5.69 Å². The molecule has 0 radical (unpaired) electrons. The molecular weight excluding hydrogens is 372 g/mol. The lowest BCUT2D eigenvalue weighted by Crippen LogP contribution is -2.46. The third-order valence-corrected chi connectivity index (χ3v) is 4.61. The van der Waals surface area contributed by atoms with Gasteiger partial charge in [-0.15, -0.1) is 0 Å². The number of aromatic nitrogens is 2. The van der Waals surface area contributed by atoms with Crippen LogP contribution in [0.5, 0.6) is 5.75 Å². The minimum atomic E-state index is -0.396. The number of ether oxygens (including phenoxy) is 2. The number of rotatable bonds is 12. The van der Waals surface area contributed by atoms with Crippen molar-refractivity contribution >= 4 is 5.69 Å². The van der Waals surface area contributed by atoms with Crippen LogP contribution >= 0.6 is 0 Å². The molecule has 3 rings (SSSR count). The quantitative estimate of drug-likeness (QED) is 0.372. The fourth-order valence-corrected chi connectivity index (χ4v) is 2.72. The topological polar surface area (TPSA) is 97.4 Å². The van der Waals surface area contributed by atoms with Crippen molar-refractivity contribution in [3.63, 3.8) is 0 Å². The molecule has 0 spiro atoms. The molecule has 1 saturated carbocycles. The largest absolute Gasteiger partial charge is 0.493 e. The van der Waals surface area contributed by atoms with Gasteiger partial charge in [-0.1, -0.05) is 6.07 Å². The summed E-state index contributed by atoms with van der Waals surface area (Å²) in [4.78, 5) is 24.9. The Balaban J connectivity index is 1.35. The molecule has 3 N–H and O–H groups in total. The van der Waals surface area contributed by atoms with E-state index in [1.54, 1.807) is 0 Å². The summed E-state index contributed by atoms with van der Waals surface area (Å²) >= 11 is 0. The summed E-state index contributed by atoms with van der Waals surface area (Å²) in [5.41, 5.74) is 6.36. The zero-order chi connectivity index (χ0) is 20.7. The number of H-pyrrole nitrogens is 1. The zero-order valence-corrected chi connectivity index (χ0v) is 17.1. The first-order chi connectivity index (χ1) is 13.9. The van der Waals surface area contributed by atoms with Crippen molar-refractivity contribution < 1.29 is 9.47 Å². The van der Waals surface area contributed by atoms with E-state index < -0.39 is 5.69 Å². The van der Waals surface area contributed by atoms with Gasteiger partial charge in [0.1, 0.15) is 5.75 Å². The van der Waals surface area contributed by atoms with Crippen LogP contribution in [0, 0.1) is 5.92 Å². The summed E-state index contributed by atoms with van der Waals surface area (Å²) in [5, 5.41) is 0. The highest BCUT2D eigenvalue weighted by Crippen LogP contribution is 2.30. The highest BCUT2D eigenvalue weighted by atomic mass is 16.5. The van der Waals surface area contributed by atoms with Gasteiger partial charge in [0.2, 0.25) is 0 Å². The maximum atomic E-state index is 11.6. The number of benzene rings is 1. The van der Waals surface area contributed by atoms with Crippen LogP contribution in [-0.4, -0.2) is 34.9 Å². The standard InChI is InChI=1S/C21H30N4O4/c1-21(2,15-28-12-4-10-25-11-9-19(26)22-20(25)27)24-23-17-5-3-6-18(13-17)29-14-16-7-8-16/h3,5-6,9,11,13,16,23-24H,4,7-8,10,12,14-15H2,1-2H3,(H,22,26,27). The predicted octanol–water partition coefficient (Wildman–Crippen LogP) is 2.13. The van der Waals surface area contributed by atoms with Gasteiger partial charge in [0, 0.05) is 31.5 Å². The molecule has 0 bridgehead atoms. The molecule has 1 fully saturated rings. The summed E-state index contributed by atoms with van der Waals surface area (Å²) in [7, 11) is 0. The molecule has 158 valence electrons. The third-order valence-electron chi connectivity index (χ3n) is 4.61. The van der Waals surface area contributed by atoms with Crippen molar-refractivity contribution in [2.24, 2.45) is 5.92 Å². The van der Waals surface area contributed by atoms with Gasteiger partial charge in [0.15, 0.2) is 0 Å². The Bertz CT molecular complexity index is 902. The summed E-state index contributed by atoms with van der Waals surface area (Å²) in [5.74, 6) is 1.60. The smallest absolute Gasteiger partial charge is 0.328 e. The Labute approximate surface area is 170 Å². The van der Waals surface area contributed by atoms with E-state index in [0.717, 1.165) is 24.0 Å². The fraction of sp³-hybridized carbons (Fsp3) is 0.524. The molecule has 8 heteroatoms. The highest BCUT2D eigenvalue weighted by molar-refractivity contribution is 5.47. The Hall–Kier alpha value is -2.58. The van der Waals surface area contributed by atoms with Crippen molar-refractivity contribution in [1.82, 2.24) is 15.0 Å². The number of hydrogen-bond donors (Lipinski definition) is 3. The molecule has 1 aromatic carbocycles. The molecule has 1 heterocycles. The Morgan fingerprint density at radius 2 is 2.07 bits per heavy atom. The molecule has 0 amide bonds. The predicted molar refractivity (Wildman–Crippen MR) is 112 cm³/mol.